The lowest BCUT2D eigenvalue weighted by Crippen LogP contribution is -2.45. The van der Waals surface area contributed by atoms with E-state index in [1.54, 1.807) is 18.2 Å². The van der Waals surface area contributed by atoms with Crippen LogP contribution >= 0.6 is 0 Å². The Hall–Kier alpha value is -1.15. The summed E-state index contributed by atoms with van der Waals surface area (Å²) < 4.78 is 28.7. The number of nitrogens with zero attached hydrogens (tertiary/aromatic N) is 1. The van der Waals surface area contributed by atoms with Crippen LogP contribution in [-0.4, -0.2) is 52.2 Å². The first-order valence-electron chi connectivity index (χ1n) is 6.70. The molecule has 1 atom stereocenters. The molecule has 0 aromatic heterocycles. The molecular formula is C13H21N3O3S. The van der Waals surface area contributed by atoms with Gasteiger partial charge in [0.2, 0.25) is 10.0 Å². The van der Waals surface area contributed by atoms with Crippen molar-refractivity contribution in [1.29, 1.82) is 0 Å². The van der Waals surface area contributed by atoms with Crippen molar-refractivity contribution in [1.82, 2.24) is 4.90 Å². The maximum absolute atomic E-state index is 11.5. The van der Waals surface area contributed by atoms with Gasteiger partial charge in [-0.15, -0.1) is 0 Å². The fraction of sp³-hybridized carbons (Fsp3) is 0.538. The summed E-state index contributed by atoms with van der Waals surface area (Å²) in [6, 6.07) is 6.63. The highest BCUT2D eigenvalue weighted by molar-refractivity contribution is 7.89. The molecule has 0 spiro atoms. The molecule has 0 bridgehead atoms. The molecule has 0 amide bonds. The van der Waals surface area contributed by atoms with Crippen LogP contribution in [0, 0.1) is 0 Å². The average Bonchev–Trinajstić information content (AvgIpc) is 2.44. The summed E-state index contributed by atoms with van der Waals surface area (Å²) in [6.07, 6.45) is 0.0530. The molecule has 6 nitrogen and oxygen atoms in total. The molecule has 0 aliphatic carbocycles. The Bertz CT molecular complexity index is 548. The van der Waals surface area contributed by atoms with Crippen LogP contribution in [0.3, 0.4) is 0 Å². The van der Waals surface area contributed by atoms with Crippen molar-refractivity contribution >= 4 is 15.7 Å². The summed E-state index contributed by atoms with van der Waals surface area (Å²) in [5, 5.41) is 8.33. The Kier molecular flexibility index (Phi) is 4.98. The van der Waals surface area contributed by atoms with Gasteiger partial charge in [0.15, 0.2) is 0 Å². The van der Waals surface area contributed by atoms with Crippen molar-refractivity contribution in [2.45, 2.75) is 17.9 Å². The minimum absolute atomic E-state index is 0.0530. The minimum atomic E-state index is -3.72. The zero-order valence-electron chi connectivity index (χ0n) is 11.6. The van der Waals surface area contributed by atoms with Crippen molar-refractivity contribution in [3.05, 3.63) is 24.3 Å². The zero-order valence-corrected chi connectivity index (χ0v) is 12.4. The first-order valence-corrected chi connectivity index (χ1v) is 8.25. The molecule has 1 unspecified atom stereocenters. The molecule has 1 aromatic rings. The number of para-hydroxylation sites is 1. The van der Waals surface area contributed by atoms with Gasteiger partial charge in [0, 0.05) is 19.6 Å². The lowest BCUT2D eigenvalue weighted by atomic mass is 10.2. The molecule has 1 aliphatic heterocycles. The molecule has 2 rings (SSSR count). The van der Waals surface area contributed by atoms with E-state index in [1.807, 2.05) is 0 Å². The Labute approximate surface area is 120 Å². The summed E-state index contributed by atoms with van der Waals surface area (Å²) in [5.74, 6) is 0. The third kappa shape index (κ3) is 3.92. The van der Waals surface area contributed by atoms with E-state index < -0.39 is 10.0 Å². The highest BCUT2D eigenvalue weighted by Gasteiger charge is 2.20. The van der Waals surface area contributed by atoms with E-state index in [2.05, 4.69) is 17.1 Å². The van der Waals surface area contributed by atoms with Crippen molar-refractivity contribution in [3.8, 4) is 0 Å². The maximum atomic E-state index is 11.5. The van der Waals surface area contributed by atoms with Gasteiger partial charge in [-0.1, -0.05) is 19.1 Å². The molecular weight excluding hydrogens is 278 g/mol. The number of likely N-dealkylation sites (N-methyl/N-ethyl adjacent to an activating group) is 1. The van der Waals surface area contributed by atoms with Gasteiger partial charge < -0.3 is 10.1 Å². The summed E-state index contributed by atoms with van der Waals surface area (Å²) in [7, 11) is -3.72. The molecule has 0 saturated carbocycles. The number of nitrogens with one attached hydrogen (secondary N) is 1. The topological polar surface area (TPSA) is 84.7 Å². The van der Waals surface area contributed by atoms with Crippen LogP contribution in [0.1, 0.15) is 6.92 Å². The molecule has 1 fully saturated rings. The number of ether oxygens (including phenoxy) is 1. The van der Waals surface area contributed by atoms with Crippen LogP contribution in [-0.2, 0) is 14.8 Å². The summed E-state index contributed by atoms with van der Waals surface area (Å²) in [6.45, 7) is 6.17. The zero-order chi connectivity index (χ0) is 14.6. The molecule has 1 heterocycles. The molecule has 7 heteroatoms. The fourth-order valence-corrected chi connectivity index (χ4v) is 2.99. The number of nitrogens with two attached hydrogens (primary N) is 1. The number of rotatable bonds is 5. The van der Waals surface area contributed by atoms with E-state index in [0.717, 1.165) is 19.6 Å². The van der Waals surface area contributed by atoms with Gasteiger partial charge in [0.25, 0.3) is 0 Å². The van der Waals surface area contributed by atoms with E-state index >= 15 is 0 Å². The lowest BCUT2D eigenvalue weighted by Gasteiger charge is -2.32. The Balaban J connectivity index is 2.01. The van der Waals surface area contributed by atoms with Crippen molar-refractivity contribution < 1.29 is 13.2 Å². The van der Waals surface area contributed by atoms with Gasteiger partial charge in [-0.2, -0.15) is 0 Å². The predicted octanol–water partition coefficient (Wildman–Crippen LogP) is 0.467. The van der Waals surface area contributed by atoms with Crippen LogP contribution in [0.5, 0.6) is 0 Å². The number of anilines is 1. The molecule has 20 heavy (non-hydrogen) atoms. The molecule has 112 valence electrons. The number of hydrogen-bond acceptors (Lipinski definition) is 5. The third-order valence-corrected chi connectivity index (χ3v) is 4.35. The van der Waals surface area contributed by atoms with Crippen molar-refractivity contribution in [3.63, 3.8) is 0 Å². The standard InChI is InChI=1S/C13H21N3O3S/c1-2-16-7-8-19-11(10-16)9-15-12-5-3-4-6-13(12)20(14,17)18/h3-6,11,15H,2,7-10H2,1H3,(H2,14,17,18). The summed E-state index contributed by atoms with van der Waals surface area (Å²) in [4.78, 5) is 2.42. The summed E-state index contributed by atoms with van der Waals surface area (Å²) in [5.41, 5.74) is 0.521. The normalized spacial score (nSPS) is 20.8. The molecule has 1 saturated heterocycles. The quantitative estimate of drug-likeness (QED) is 0.825. The van der Waals surface area contributed by atoms with Crippen LogP contribution in [0.15, 0.2) is 29.2 Å². The van der Waals surface area contributed by atoms with Crippen LogP contribution < -0.4 is 10.5 Å². The first-order chi connectivity index (χ1) is 9.50. The van der Waals surface area contributed by atoms with Gasteiger partial charge >= 0.3 is 0 Å². The number of benzene rings is 1. The number of hydrogen-bond donors (Lipinski definition) is 2. The van der Waals surface area contributed by atoms with Crippen LogP contribution in [0.2, 0.25) is 0 Å². The predicted molar refractivity (Wildman–Crippen MR) is 78.2 cm³/mol. The number of morpholine rings is 1. The third-order valence-electron chi connectivity index (χ3n) is 3.38. The van der Waals surface area contributed by atoms with E-state index in [1.165, 1.54) is 6.07 Å². The van der Waals surface area contributed by atoms with Gasteiger partial charge in [-0.05, 0) is 18.7 Å². The smallest absolute Gasteiger partial charge is 0.240 e. The van der Waals surface area contributed by atoms with E-state index in [0.29, 0.717) is 18.8 Å². The number of primary sulfonamides is 1. The van der Waals surface area contributed by atoms with Crippen LogP contribution in [0.4, 0.5) is 5.69 Å². The van der Waals surface area contributed by atoms with Gasteiger partial charge in [0.1, 0.15) is 4.90 Å². The fourth-order valence-electron chi connectivity index (χ4n) is 2.28. The SMILES string of the molecule is CCN1CCOC(CNc2ccccc2S(N)(=O)=O)C1. The maximum Gasteiger partial charge on any atom is 0.240 e. The molecule has 1 aliphatic rings. The molecule has 1 aromatic carbocycles. The summed E-state index contributed by atoms with van der Waals surface area (Å²) >= 11 is 0. The monoisotopic (exact) mass is 299 g/mol. The Morgan fingerprint density at radius 1 is 1.45 bits per heavy atom. The van der Waals surface area contributed by atoms with E-state index in [9.17, 15) is 8.42 Å². The highest BCUT2D eigenvalue weighted by atomic mass is 32.2. The van der Waals surface area contributed by atoms with E-state index in [4.69, 9.17) is 9.88 Å². The molecule has 0 radical (unpaired) electrons. The number of sulfonamides is 1. The highest BCUT2D eigenvalue weighted by Crippen LogP contribution is 2.19. The van der Waals surface area contributed by atoms with Crippen LogP contribution in [0.25, 0.3) is 0 Å². The first kappa shape index (κ1) is 15.2. The minimum Gasteiger partial charge on any atom is -0.381 e. The van der Waals surface area contributed by atoms with Crippen molar-refractivity contribution in [2.24, 2.45) is 5.14 Å². The lowest BCUT2D eigenvalue weighted by molar-refractivity contribution is -0.0192. The van der Waals surface area contributed by atoms with Crippen molar-refractivity contribution in [2.75, 3.05) is 38.1 Å². The van der Waals surface area contributed by atoms with Gasteiger partial charge in [0.05, 0.1) is 18.4 Å². The van der Waals surface area contributed by atoms with E-state index in [-0.39, 0.29) is 11.0 Å². The Morgan fingerprint density at radius 3 is 2.90 bits per heavy atom. The largest absolute Gasteiger partial charge is 0.381 e. The van der Waals surface area contributed by atoms with Gasteiger partial charge in [-0.3, -0.25) is 4.90 Å². The molecule has 3 N–H and O–H groups in total. The Morgan fingerprint density at radius 2 is 2.20 bits per heavy atom. The second-order valence-electron chi connectivity index (χ2n) is 4.81. The second-order valence-corrected chi connectivity index (χ2v) is 6.34. The van der Waals surface area contributed by atoms with Gasteiger partial charge in [-0.25, -0.2) is 13.6 Å². The second kappa shape index (κ2) is 6.53. The average molecular weight is 299 g/mol.